The molecule has 0 aromatic heterocycles. The zero-order valence-corrected chi connectivity index (χ0v) is 32.0. The maximum absolute atomic E-state index is 4.67. The fraction of sp³-hybridized carbons (Fsp3) is 0.143. The monoisotopic (exact) mass is 732 g/mol. The molecule has 0 fully saturated rings. The van der Waals surface area contributed by atoms with Crippen LogP contribution in [0.2, 0.25) is 0 Å². The van der Waals surface area contributed by atoms with E-state index in [1.807, 2.05) is 0 Å². The van der Waals surface area contributed by atoms with E-state index in [0.717, 1.165) is 12.8 Å². The van der Waals surface area contributed by atoms with Crippen LogP contribution < -0.4 is 6.54 Å². The van der Waals surface area contributed by atoms with Crippen LogP contribution in [0.3, 0.4) is 0 Å². The first-order valence-electron chi connectivity index (χ1n) is 16.2. The van der Waals surface area contributed by atoms with Crippen LogP contribution in [0.5, 0.6) is 0 Å². The van der Waals surface area contributed by atoms with Gasteiger partial charge in [-0.2, -0.15) is 0 Å². The normalized spacial score (nSPS) is 17.0. The fourth-order valence-electron chi connectivity index (χ4n) is 9.24. The molecule has 0 aliphatic heterocycles. The van der Waals surface area contributed by atoms with Crippen molar-refractivity contribution in [1.29, 1.82) is 0 Å². The van der Waals surface area contributed by atoms with Crippen LogP contribution >= 0.6 is 24.8 Å². The molecule has 2 atom stereocenters. The van der Waals surface area contributed by atoms with Crippen molar-refractivity contribution in [3.05, 3.63) is 167 Å². The number of fused-ring (bicyclic) bond motifs is 6. The molecule has 0 heterocycles. The largest absolute Gasteiger partial charge is 0.147 e. The average Bonchev–Trinajstić information content (AvgIpc) is 3.69. The molecule has 0 bridgehead atoms. The summed E-state index contributed by atoms with van der Waals surface area (Å²) in [4.78, 5) is 0. The van der Waals surface area contributed by atoms with Crippen molar-refractivity contribution in [3.8, 4) is 0 Å². The van der Waals surface area contributed by atoms with Gasteiger partial charge in [-0.1, -0.05) is 0 Å². The molecule has 6 aromatic carbocycles. The second kappa shape index (κ2) is 12.6. The molecule has 8 rings (SSSR count). The van der Waals surface area contributed by atoms with Gasteiger partial charge in [0, 0.05) is 0 Å². The Kier molecular flexibility index (Phi) is 8.98. The molecule has 2 unspecified atom stereocenters. The third-order valence-electron chi connectivity index (χ3n) is 11.1. The molecule has 230 valence electrons. The van der Waals surface area contributed by atoms with Gasteiger partial charge < -0.3 is 0 Å². The number of hydrogen-bond donors (Lipinski definition) is 0. The van der Waals surface area contributed by atoms with Crippen LogP contribution in [0, 0.1) is 0 Å². The number of rotatable bonds is 6. The first kappa shape index (κ1) is 32.9. The Morgan fingerprint density at radius 1 is 0.478 bits per heavy atom. The average molecular weight is 735 g/mol. The van der Waals surface area contributed by atoms with E-state index < -0.39 is 17.4 Å². The molecule has 0 amide bonds. The topological polar surface area (TPSA) is 0 Å². The van der Waals surface area contributed by atoms with Crippen LogP contribution in [-0.4, -0.2) is 6.88 Å². The Bertz CT molecular complexity index is 2060. The Labute approximate surface area is 287 Å². The molecular formula is C42H40Cl2SiZr. The zero-order chi connectivity index (χ0) is 29.9. The van der Waals surface area contributed by atoms with E-state index in [9.17, 15) is 0 Å². The molecule has 0 saturated carbocycles. The smallest absolute Gasteiger partial charge is 0.147 e. The molecule has 4 heteroatoms. The second-order valence-corrected chi connectivity index (χ2v) is 35.7. The quantitative estimate of drug-likeness (QED) is 0.150. The number of allylic oxidation sites excluding steroid dienone is 2. The predicted molar refractivity (Wildman–Crippen MR) is 205 cm³/mol. The van der Waals surface area contributed by atoms with Crippen molar-refractivity contribution in [1.82, 2.24) is 0 Å². The fourth-order valence-corrected chi connectivity index (χ4v) is 37.7. The summed E-state index contributed by atoms with van der Waals surface area (Å²) >= 11 is -4.67. The summed E-state index contributed by atoms with van der Waals surface area (Å²) in [5.41, 5.74) is 9.18. The molecule has 2 aliphatic carbocycles. The molecule has 0 radical (unpaired) electrons. The maximum Gasteiger partial charge on any atom is -0.147 e. The van der Waals surface area contributed by atoms with Crippen LogP contribution in [0.15, 0.2) is 145 Å². The molecule has 0 spiro atoms. The molecule has 0 saturated heterocycles. The summed E-state index contributed by atoms with van der Waals surface area (Å²) in [7, 11) is 0. The molecule has 46 heavy (non-hydrogen) atoms. The zero-order valence-electron chi connectivity index (χ0n) is 26.4. The van der Waals surface area contributed by atoms with Gasteiger partial charge in [-0.05, 0) is 0 Å². The van der Waals surface area contributed by atoms with Crippen molar-refractivity contribution in [2.45, 2.75) is 33.9 Å². The third-order valence-corrected chi connectivity index (χ3v) is 38.8. The number of benzene rings is 6. The van der Waals surface area contributed by atoms with Gasteiger partial charge in [0.2, 0.25) is 0 Å². The van der Waals surface area contributed by atoms with E-state index in [1.54, 1.807) is 28.8 Å². The van der Waals surface area contributed by atoms with Gasteiger partial charge in [-0.3, -0.25) is 0 Å². The summed E-state index contributed by atoms with van der Waals surface area (Å²) in [5.74, 6) is 0. The SMILES string of the molecule is CCC1=Cc2ccc3ccccc3c2[CH]1[Zr](=[SiH2])([c]1ccccc1)([c]1ccccc1)[CH]1C(CC)=Cc2ccc3ccccc3c21.Cl.Cl. The minimum Gasteiger partial charge on any atom is -0.147 e. The summed E-state index contributed by atoms with van der Waals surface area (Å²) in [5, 5.41) is 5.54. The van der Waals surface area contributed by atoms with Gasteiger partial charge in [-0.15, -0.1) is 24.8 Å². The minimum absolute atomic E-state index is 0. The first-order chi connectivity index (χ1) is 21.6. The van der Waals surface area contributed by atoms with E-state index in [1.165, 1.54) is 32.7 Å². The van der Waals surface area contributed by atoms with Crippen molar-refractivity contribution in [2.24, 2.45) is 0 Å². The van der Waals surface area contributed by atoms with Gasteiger partial charge >= 0.3 is 265 Å². The van der Waals surface area contributed by atoms with Crippen molar-refractivity contribution in [3.63, 3.8) is 0 Å². The van der Waals surface area contributed by atoms with Crippen LogP contribution in [-0.2, 0) is 17.4 Å². The van der Waals surface area contributed by atoms with Crippen LogP contribution in [0.4, 0.5) is 0 Å². The van der Waals surface area contributed by atoms with E-state index >= 15 is 0 Å². The summed E-state index contributed by atoms with van der Waals surface area (Å²) < 4.78 is 3.87. The Balaban J connectivity index is 0.00000186. The molecule has 0 N–H and O–H groups in total. The Morgan fingerprint density at radius 3 is 1.24 bits per heavy atom. The van der Waals surface area contributed by atoms with Gasteiger partial charge in [-0.25, -0.2) is 0 Å². The third kappa shape index (κ3) is 4.48. The molecule has 6 aromatic rings. The van der Waals surface area contributed by atoms with Crippen molar-refractivity contribution >= 4 is 71.9 Å². The van der Waals surface area contributed by atoms with E-state index in [4.69, 9.17) is 0 Å². The molecule has 0 nitrogen and oxygen atoms in total. The Hall–Kier alpha value is -3.00. The summed E-state index contributed by atoms with van der Waals surface area (Å²) in [6.07, 6.45) is 7.26. The van der Waals surface area contributed by atoms with E-state index in [0.29, 0.717) is 7.25 Å². The standard InChI is InChI=1S/2C15H13.2C6H5.2ClH.H2Si.Zr/c2*1-2-11-9-13-8-7-12-5-3-4-6-14(12)15(13)10-11;2*1-2-4-6-5-3-1;;;;/h2*3-10H,2H2,1H3;2*1-5H;2*1H;1H2;. The second-order valence-electron chi connectivity index (χ2n) is 13.0. The van der Waals surface area contributed by atoms with Crippen LogP contribution in [0.1, 0.15) is 56.2 Å². The predicted octanol–water partition coefficient (Wildman–Crippen LogP) is 10.1. The van der Waals surface area contributed by atoms with Crippen molar-refractivity contribution < 1.29 is 17.4 Å². The first-order valence-corrected chi connectivity index (χ1v) is 27.4. The molecular weight excluding hydrogens is 695 g/mol. The summed E-state index contributed by atoms with van der Waals surface area (Å²) in [6.45, 7) is 7.27. The van der Waals surface area contributed by atoms with Gasteiger partial charge in [0.25, 0.3) is 0 Å². The van der Waals surface area contributed by atoms with Gasteiger partial charge in [0.05, 0.1) is 0 Å². The number of halogens is 2. The summed E-state index contributed by atoms with van der Waals surface area (Å²) in [6, 6.07) is 51.4. The Morgan fingerprint density at radius 2 is 0.848 bits per heavy atom. The number of hydrogen-bond acceptors (Lipinski definition) is 0. The molecule has 2 aliphatic rings. The minimum atomic E-state index is -4.67. The van der Waals surface area contributed by atoms with Crippen molar-refractivity contribution in [2.75, 3.05) is 0 Å². The van der Waals surface area contributed by atoms with Gasteiger partial charge in [0.15, 0.2) is 0 Å². The van der Waals surface area contributed by atoms with Gasteiger partial charge in [0.1, 0.15) is 0 Å². The van der Waals surface area contributed by atoms with E-state index in [-0.39, 0.29) is 24.8 Å². The maximum atomic E-state index is 2.58. The van der Waals surface area contributed by atoms with Crippen LogP contribution in [0.25, 0.3) is 33.7 Å². The van der Waals surface area contributed by atoms with E-state index in [2.05, 4.69) is 166 Å².